The van der Waals surface area contributed by atoms with Crippen molar-refractivity contribution in [3.63, 3.8) is 0 Å². The van der Waals surface area contributed by atoms with Gasteiger partial charge in [0.25, 0.3) is 17.7 Å². The molecule has 2 aliphatic rings. The van der Waals surface area contributed by atoms with Crippen LogP contribution in [0.25, 0.3) is 0 Å². The molecule has 180 valence electrons. The lowest BCUT2D eigenvalue weighted by molar-refractivity contribution is -0.123. The molecule has 0 radical (unpaired) electrons. The summed E-state index contributed by atoms with van der Waals surface area (Å²) >= 11 is 0. The van der Waals surface area contributed by atoms with Crippen LogP contribution in [0.1, 0.15) is 20.7 Å². The van der Waals surface area contributed by atoms with Crippen molar-refractivity contribution >= 4 is 46.6 Å². The minimum Gasteiger partial charge on any atom is -0.482 e. The summed E-state index contributed by atoms with van der Waals surface area (Å²) in [5.41, 5.74) is 1.72. The van der Waals surface area contributed by atoms with Crippen molar-refractivity contribution < 1.29 is 28.7 Å². The molecule has 2 N–H and O–H groups in total. The van der Waals surface area contributed by atoms with E-state index in [-0.39, 0.29) is 24.3 Å². The summed E-state index contributed by atoms with van der Waals surface area (Å²) in [6.45, 7) is -0.949. The normalized spacial score (nSPS) is 14.2. The van der Waals surface area contributed by atoms with Crippen LogP contribution in [0.4, 0.5) is 17.1 Å². The fourth-order valence-electron chi connectivity index (χ4n) is 4.05. The minimum atomic E-state index is -0.596. The van der Waals surface area contributed by atoms with Gasteiger partial charge in [0.1, 0.15) is 18.8 Å². The van der Waals surface area contributed by atoms with Crippen LogP contribution in [-0.2, 0) is 14.4 Å². The number of hydrogen-bond acceptors (Lipinski definition) is 6. The minimum absolute atomic E-state index is 0.225. The molecule has 0 saturated carbocycles. The van der Waals surface area contributed by atoms with Crippen molar-refractivity contribution in [1.29, 1.82) is 0 Å². The van der Waals surface area contributed by atoms with Crippen LogP contribution in [0.2, 0.25) is 0 Å². The predicted octanol–water partition coefficient (Wildman–Crippen LogP) is 2.29. The highest BCUT2D eigenvalue weighted by molar-refractivity contribution is 6.22. The van der Waals surface area contributed by atoms with Gasteiger partial charge in [0.05, 0.1) is 16.8 Å². The van der Waals surface area contributed by atoms with E-state index in [1.54, 1.807) is 48.5 Å². The monoisotopic (exact) mass is 484 g/mol. The number of ether oxygens (including phenoxy) is 1. The zero-order valence-corrected chi connectivity index (χ0v) is 18.9. The lowest BCUT2D eigenvalue weighted by Gasteiger charge is -2.29. The Morgan fingerprint density at radius 1 is 0.722 bits per heavy atom. The van der Waals surface area contributed by atoms with Crippen LogP contribution in [0.3, 0.4) is 0 Å². The van der Waals surface area contributed by atoms with Crippen molar-refractivity contribution in [2.24, 2.45) is 0 Å². The van der Waals surface area contributed by atoms with E-state index in [1.807, 2.05) is 6.07 Å². The zero-order chi connectivity index (χ0) is 25.2. The third-order valence-electron chi connectivity index (χ3n) is 5.72. The average molecular weight is 484 g/mol. The summed E-state index contributed by atoms with van der Waals surface area (Å²) in [5.74, 6) is -2.11. The quantitative estimate of drug-likeness (QED) is 0.517. The van der Waals surface area contributed by atoms with Crippen molar-refractivity contribution in [2.75, 3.05) is 35.2 Å². The number of imide groups is 1. The van der Waals surface area contributed by atoms with E-state index >= 15 is 0 Å². The molecule has 0 saturated heterocycles. The number of para-hydroxylation sites is 1. The maximum Gasteiger partial charge on any atom is 0.265 e. The number of carbonyl (C=O) groups is 5. The molecule has 10 nitrogen and oxygen atoms in total. The van der Waals surface area contributed by atoms with Crippen LogP contribution in [-0.4, -0.2) is 54.1 Å². The Labute approximate surface area is 205 Å². The molecule has 10 heteroatoms. The van der Waals surface area contributed by atoms with Crippen molar-refractivity contribution in [1.82, 2.24) is 4.90 Å². The lowest BCUT2D eigenvalue weighted by Crippen LogP contribution is -2.43. The number of nitrogens with one attached hydrogen (secondary N) is 2. The van der Waals surface area contributed by atoms with Crippen LogP contribution < -0.4 is 20.3 Å². The summed E-state index contributed by atoms with van der Waals surface area (Å²) < 4.78 is 5.46. The first-order chi connectivity index (χ1) is 17.4. The Hall–Kier alpha value is -4.99. The second-order valence-electron chi connectivity index (χ2n) is 8.16. The molecule has 0 atom stereocenters. The number of amides is 5. The number of nitrogens with zero attached hydrogens (tertiary/aromatic N) is 2. The van der Waals surface area contributed by atoms with Crippen LogP contribution >= 0.6 is 0 Å². The van der Waals surface area contributed by atoms with E-state index in [1.165, 1.54) is 23.1 Å². The summed E-state index contributed by atoms with van der Waals surface area (Å²) in [7, 11) is 0. The van der Waals surface area contributed by atoms with Gasteiger partial charge in [-0.1, -0.05) is 30.3 Å². The average Bonchev–Trinajstić information content (AvgIpc) is 3.11. The van der Waals surface area contributed by atoms with E-state index in [0.29, 0.717) is 22.8 Å². The maximum atomic E-state index is 12.7. The highest BCUT2D eigenvalue weighted by atomic mass is 16.5. The molecule has 0 unspecified atom stereocenters. The number of benzene rings is 3. The molecule has 0 spiro atoms. The molecule has 0 bridgehead atoms. The number of hydrogen-bond donors (Lipinski definition) is 2. The first-order valence-corrected chi connectivity index (χ1v) is 11.1. The van der Waals surface area contributed by atoms with Gasteiger partial charge in [-0.2, -0.15) is 0 Å². The number of anilines is 3. The number of rotatable bonds is 6. The molecular weight excluding hydrogens is 464 g/mol. The van der Waals surface area contributed by atoms with Gasteiger partial charge in [-0.25, -0.2) is 0 Å². The maximum absolute atomic E-state index is 12.7. The smallest absolute Gasteiger partial charge is 0.265 e. The van der Waals surface area contributed by atoms with Crippen LogP contribution in [0.5, 0.6) is 5.75 Å². The predicted molar refractivity (Wildman–Crippen MR) is 130 cm³/mol. The van der Waals surface area contributed by atoms with Gasteiger partial charge >= 0.3 is 0 Å². The van der Waals surface area contributed by atoms with E-state index < -0.39 is 36.1 Å². The van der Waals surface area contributed by atoms with E-state index in [2.05, 4.69) is 10.6 Å². The van der Waals surface area contributed by atoms with Gasteiger partial charge in [0, 0.05) is 11.4 Å². The second-order valence-corrected chi connectivity index (χ2v) is 8.16. The van der Waals surface area contributed by atoms with Gasteiger partial charge in [-0.3, -0.25) is 33.8 Å². The lowest BCUT2D eigenvalue weighted by atomic mass is 10.1. The van der Waals surface area contributed by atoms with Gasteiger partial charge in [-0.15, -0.1) is 0 Å². The standard InChI is InChI=1S/C26H20N4O6/c31-22(27-16-6-2-1-3-7-16)13-29-20-12-17(10-11-21(20)36-15-24(29)33)28-23(32)14-30-25(34)18-8-4-5-9-19(18)26(30)35/h1-12H,13-15H2,(H,27,31)(H,28,32). The summed E-state index contributed by atoms with van der Waals surface area (Å²) in [4.78, 5) is 65.0. The molecule has 0 aromatic heterocycles. The van der Waals surface area contributed by atoms with Gasteiger partial charge < -0.3 is 15.4 Å². The molecule has 2 heterocycles. The van der Waals surface area contributed by atoms with Crippen LogP contribution in [0.15, 0.2) is 72.8 Å². The Kier molecular flexibility index (Phi) is 5.91. The molecular formula is C26H20N4O6. The topological polar surface area (TPSA) is 125 Å². The highest BCUT2D eigenvalue weighted by Crippen LogP contribution is 2.34. The fraction of sp³-hybridized carbons (Fsp3) is 0.115. The number of carbonyl (C=O) groups excluding carboxylic acids is 5. The van der Waals surface area contributed by atoms with E-state index in [0.717, 1.165) is 4.90 Å². The first-order valence-electron chi connectivity index (χ1n) is 11.1. The highest BCUT2D eigenvalue weighted by Gasteiger charge is 2.36. The van der Waals surface area contributed by atoms with Crippen LogP contribution in [0, 0.1) is 0 Å². The summed E-state index contributed by atoms with van der Waals surface area (Å²) in [6.07, 6.45) is 0. The van der Waals surface area contributed by atoms with Gasteiger partial charge in [0.15, 0.2) is 6.61 Å². The summed E-state index contributed by atoms with van der Waals surface area (Å²) in [6, 6.07) is 19.9. The molecule has 0 aliphatic carbocycles. The third kappa shape index (κ3) is 4.39. The van der Waals surface area contributed by atoms with E-state index in [9.17, 15) is 24.0 Å². The van der Waals surface area contributed by atoms with Crippen molar-refractivity contribution in [3.05, 3.63) is 83.9 Å². The van der Waals surface area contributed by atoms with Crippen molar-refractivity contribution in [2.45, 2.75) is 0 Å². The molecule has 2 aliphatic heterocycles. The SMILES string of the molecule is O=C(CN1C(=O)c2ccccc2C1=O)Nc1ccc2c(c1)N(CC(=O)Nc1ccccc1)C(=O)CO2. The third-order valence-corrected chi connectivity index (χ3v) is 5.72. The van der Waals surface area contributed by atoms with E-state index in [4.69, 9.17) is 4.74 Å². The number of fused-ring (bicyclic) bond motifs is 2. The largest absolute Gasteiger partial charge is 0.482 e. The van der Waals surface area contributed by atoms with Gasteiger partial charge in [0.2, 0.25) is 11.8 Å². The second kappa shape index (κ2) is 9.34. The molecule has 5 amide bonds. The Balaban J connectivity index is 1.29. The summed E-state index contributed by atoms with van der Waals surface area (Å²) in [5, 5.41) is 5.37. The Morgan fingerprint density at radius 3 is 1.97 bits per heavy atom. The Morgan fingerprint density at radius 2 is 1.31 bits per heavy atom. The molecule has 36 heavy (non-hydrogen) atoms. The Bertz CT molecular complexity index is 1370. The zero-order valence-electron chi connectivity index (χ0n) is 18.9. The molecule has 3 aromatic rings. The molecule has 5 rings (SSSR count). The molecule has 0 fully saturated rings. The molecule has 3 aromatic carbocycles. The first kappa shape index (κ1) is 22.8. The van der Waals surface area contributed by atoms with Crippen molar-refractivity contribution in [3.8, 4) is 5.75 Å². The van der Waals surface area contributed by atoms with Gasteiger partial charge in [-0.05, 0) is 42.5 Å². The fourth-order valence-corrected chi connectivity index (χ4v) is 4.05.